The summed E-state index contributed by atoms with van der Waals surface area (Å²) in [6.07, 6.45) is 2.73. The molecule has 6 nitrogen and oxygen atoms in total. The molecule has 0 radical (unpaired) electrons. The van der Waals surface area contributed by atoms with Crippen LogP contribution >= 0.6 is 0 Å². The van der Waals surface area contributed by atoms with Gasteiger partial charge in [0.15, 0.2) is 0 Å². The minimum Gasteiger partial charge on any atom is -0.390 e. The Morgan fingerprint density at radius 1 is 1.14 bits per heavy atom. The lowest BCUT2D eigenvalue weighted by molar-refractivity contribution is -0.121. The van der Waals surface area contributed by atoms with E-state index < -0.39 is 6.10 Å². The molecule has 0 saturated heterocycles. The van der Waals surface area contributed by atoms with Crippen LogP contribution in [0.3, 0.4) is 0 Å². The third-order valence-corrected chi connectivity index (χ3v) is 5.24. The first kappa shape index (κ1) is 18.7. The molecule has 1 atom stereocenters. The van der Waals surface area contributed by atoms with Gasteiger partial charge in [-0.1, -0.05) is 42.5 Å². The summed E-state index contributed by atoms with van der Waals surface area (Å²) in [6.45, 7) is 3.17. The Bertz CT molecular complexity index is 919. The van der Waals surface area contributed by atoms with Crippen LogP contribution in [0.5, 0.6) is 0 Å². The molecule has 0 spiro atoms. The van der Waals surface area contributed by atoms with Gasteiger partial charge in [-0.25, -0.2) is 0 Å². The van der Waals surface area contributed by atoms with Crippen LogP contribution in [0.1, 0.15) is 17.5 Å². The summed E-state index contributed by atoms with van der Waals surface area (Å²) in [5.41, 5.74) is 3.66. The van der Waals surface area contributed by atoms with Crippen molar-refractivity contribution in [1.82, 2.24) is 20.0 Å². The summed E-state index contributed by atoms with van der Waals surface area (Å²) in [5, 5.41) is 18.7. The number of benzene rings is 2. The Labute approximate surface area is 164 Å². The molecule has 1 aliphatic heterocycles. The van der Waals surface area contributed by atoms with Crippen LogP contribution in [0.15, 0.2) is 54.7 Å². The predicted octanol–water partition coefficient (Wildman–Crippen LogP) is 1.96. The van der Waals surface area contributed by atoms with Crippen LogP contribution in [0.2, 0.25) is 0 Å². The lowest BCUT2D eigenvalue weighted by Crippen LogP contribution is -2.42. The van der Waals surface area contributed by atoms with Gasteiger partial charge in [0.1, 0.15) is 0 Å². The van der Waals surface area contributed by atoms with Gasteiger partial charge in [0.05, 0.1) is 11.6 Å². The number of aliphatic hydroxyl groups excluding tert-OH is 1. The van der Waals surface area contributed by atoms with Crippen molar-refractivity contribution in [3.8, 4) is 0 Å². The van der Waals surface area contributed by atoms with Gasteiger partial charge < -0.3 is 10.4 Å². The molecule has 2 aromatic carbocycles. The first-order chi connectivity index (χ1) is 13.7. The maximum atomic E-state index is 12.1. The van der Waals surface area contributed by atoms with E-state index in [-0.39, 0.29) is 12.5 Å². The van der Waals surface area contributed by atoms with Crippen molar-refractivity contribution in [2.24, 2.45) is 0 Å². The Morgan fingerprint density at radius 3 is 2.79 bits per heavy atom. The molecule has 3 aromatic rings. The summed E-state index contributed by atoms with van der Waals surface area (Å²) in [5.74, 6) is -0.0670. The molecule has 2 heterocycles. The van der Waals surface area contributed by atoms with E-state index in [0.717, 1.165) is 30.4 Å². The normalized spacial score (nSPS) is 15.3. The Hall–Kier alpha value is -2.70. The van der Waals surface area contributed by atoms with Gasteiger partial charge in [0, 0.05) is 50.7 Å². The Balaban J connectivity index is 1.19. The topological polar surface area (TPSA) is 70.4 Å². The zero-order chi connectivity index (χ0) is 19.3. The fourth-order valence-electron chi connectivity index (χ4n) is 3.74. The zero-order valence-corrected chi connectivity index (χ0v) is 15.9. The largest absolute Gasteiger partial charge is 0.390 e. The number of aliphatic hydroxyl groups is 1. The van der Waals surface area contributed by atoms with Gasteiger partial charge in [-0.05, 0) is 23.6 Å². The molecule has 1 aromatic heterocycles. The molecule has 6 heteroatoms. The maximum absolute atomic E-state index is 12.1. The fourth-order valence-corrected chi connectivity index (χ4v) is 3.74. The summed E-state index contributed by atoms with van der Waals surface area (Å²) in [4.78, 5) is 14.4. The van der Waals surface area contributed by atoms with Crippen LogP contribution in [-0.2, 0) is 24.3 Å². The molecule has 1 unspecified atom stereocenters. The second-order valence-corrected chi connectivity index (χ2v) is 7.41. The van der Waals surface area contributed by atoms with Crippen molar-refractivity contribution in [2.75, 3.05) is 19.6 Å². The van der Waals surface area contributed by atoms with Crippen molar-refractivity contribution in [3.05, 3.63) is 65.9 Å². The van der Waals surface area contributed by atoms with Crippen molar-refractivity contribution in [3.63, 3.8) is 0 Å². The number of β-amino-alcohol motifs (C(OH)–C–C–N with tert-alkyl or cyclic N) is 1. The van der Waals surface area contributed by atoms with E-state index in [1.807, 2.05) is 30.5 Å². The van der Waals surface area contributed by atoms with E-state index >= 15 is 0 Å². The number of fused-ring (bicyclic) bond motifs is 2. The van der Waals surface area contributed by atoms with Gasteiger partial charge in [0.25, 0.3) is 0 Å². The first-order valence-electron chi connectivity index (χ1n) is 9.83. The highest BCUT2D eigenvalue weighted by Gasteiger charge is 2.18. The molecular formula is C22H26N4O2. The quantitative estimate of drug-likeness (QED) is 0.659. The highest BCUT2D eigenvalue weighted by molar-refractivity contribution is 5.78. The van der Waals surface area contributed by atoms with Crippen molar-refractivity contribution in [1.29, 1.82) is 0 Å². The van der Waals surface area contributed by atoms with Crippen LogP contribution in [0.4, 0.5) is 0 Å². The SMILES string of the molecule is O=C(CCn1cc2ccccc2n1)NCC(O)CN1CCc2ccccc2C1. The second-order valence-electron chi connectivity index (χ2n) is 7.41. The number of aromatic nitrogens is 2. The molecule has 0 saturated carbocycles. The summed E-state index contributed by atoms with van der Waals surface area (Å²) < 4.78 is 1.80. The van der Waals surface area contributed by atoms with Crippen LogP contribution in [-0.4, -0.2) is 51.4 Å². The third kappa shape index (κ3) is 4.58. The van der Waals surface area contributed by atoms with Crippen molar-refractivity contribution < 1.29 is 9.90 Å². The Kier molecular flexibility index (Phi) is 5.69. The summed E-state index contributed by atoms with van der Waals surface area (Å²) >= 11 is 0. The second kappa shape index (κ2) is 8.54. The number of carbonyl (C=O) groups is 1. The molecule has 2 N–H and O–H groups in total. The van der Waals surface area contributed by atoms with E-state index in [0.29, 0.717) is 19.5 Å². The number of hydrogen-bond donors (Lipinski definition) is 2. The average molecular weight is 378 g/mol. The van der Waals surface area contributed by atoms with Gasteiger partial charge in [-0.3, -0.25) is 14.4 Å². The lowest BCUT2D eigenvalue weighted by Gasteiger charge is -2.30. The number of nitrogens with one attached hydrogen (secondary N) is 1. The summed E-state index contributed by atoms with van der Waals surface area (Å²) in [6, 6.07) is 16.3. The van der Waals surface area contributed by atoms with E-state index in [4.69, 9.17) is 0 Å². The maximum Gasteiger partial charge on any atom is 0.221 e. The third-order valence-electron chi connectivity index (χ3n) is 5.24. The number of rotatable bonds is 7. The number of aryl methyl sites for hydroxylation is 1. The molecule has 0 fully saturated rings. The minimum absolute atomic E-state index is 0.0670. The molecule has 1 amide bonds. The smallest absolute Gasteiger partial charge is 0.221 e. The Morgan fingerprint density at radius 2 is 1.93 bits per heavy atom. The molecule has 0 aliphatic carbocycles. The van der Waals surface area contributed by atoms with Gasteiger partial charge in [0.2, 0.25) is 5.91 Å². The minimum atomic E-state index is -0.568. The van der Waals surface area contributed by atoms with E-state index in [1.165, 1.54) is 11.1 Å². The molecular weight excluding hydrogens is 352 g/mol. The number of nitrogens with zero attached hydrogens (tertiary/aromatic N) is 3. The standard InChI is InChI=1S/C22H26N4O2/c27-20(16-25-11-9-17-5-1-2-6-18(17)14-25)13-23-22(28)10-12-26-15-19-7-3-4-8-21(19)24-26/h1-8,15,20,27H,9-14,16H2,(H,23,28). The van der Waals surface area contributed by atoms with Crippen LogP contribution < -0.4 is 5.32 Å². The predicted molar refractivity (Wildman–Crippen MR) is 109 cm³/mol. The first-order valence-corrected chi connectivity index (χ1v) is 9.83. The highest BCUT2D eigenvalue weighted by Crippen LogP contribution is 2.18. The molecule has 0 bridgehead atoms. The zero-order valence-electron chi connectivity index (χ0n) is 15.9. The van der Waals surface area contributed by atoms with Gasteiger partial charge in [-0.2, -0.15) is 5.10 Å². The van der Waals surface area contributed by atoms with Gasteiger partial charge in [-0.15, -0.1) is 0 Å². The number of carbonyl (C=O) groups excluding carboxylic acids is 1. The number of amides is 1. The monoisotopic (exact) mass is 378 g/mol. The molecule has 146 valence electrons. The number of hydrogen-bond acceptors (Lipinski definition) is 4. The van der Waals surface area contributed by atoms with E-state index in [2.05, 4.69) is 39.6 Å². The van der Waals surface area contributed by atoms with E-state index in [1.54, 1.807) is 4.68 Å². The van der Waals surface area contributed by atoms with Crippen molar-refractivity contribution >= 4 is 16.8 Å². The van der Waals surface area contributed by atoms with Crippen LogP contribution in [0.25, 0.3) is 10.9 Å². The fraction of sp³-hybridized carbons (Fsp3) is 0.364. The average Bonchev–Trinajstić information content (AvgIpc) is 3.14. The van der Waals surface area contributed by atoms with Crippen LogP contribution in [0, 0.1) is 0 Å². The van der Waals surface area contributed by atoms with Crippen molar-refractivity contribution in [2.45, 2.75) is 32.0 Å². The van der Waals surface area contributed by atoms with E-state index in [9.17, 15) is 9.90 Å². The van der Waals surface area contributed by atoms with Gasteiger partial charge >= 0.3 is 0 Å². The molecule has 28 heavy (non-hydrogen) atoms. The lowest BCUT2D eigenvalue weighted by atomic mass is 10.00. The highest BCUT2D eigenvalue weighted by atomic mass is 16.3. The molecule has 1 aliphatic rings. The molecule has 4 rings (SSSR count). The summed E-state index contributed by atoms with van der Waals surface area (Å²) in [7, 11) is 0.